The van der Waals surface area contributed by atoms with Gasteiger partial charge in [0.25, 0.3) is 0 Å². The van der Waals surface area contributed by atoms with Gasteiger partial charge in [0.05, 0.1) is 12.1 Å². The monoisotopic (exact) mass is 335 g/mol. The van der Waals surface area contributed by atoms with Crippen LogP contribution < -0.4 is 10.5 Å². The van der Waals surface area contributed by atoms with Crippen molar-refractivity contribution in [2.24, 2.45) is 5.73 Å². The lowest BCUT2D eigenvalue weighted by Gasteiger charge is -2.15. The van der Waals surface area contributed by atoms with Gasteiger partial charge in [-0.15, -0.1) is 0 Å². The lowest BCUT2D eigenvalue weighted by molar-refractivity contribution is 0.303. The first kappa shape index (κ1) is 13.6. The van der Waals surface area contributed by atoms with E-state index in [1.807, 2.05) is 24.3 Å². The zero-order valence-corrected chi connectivity index (χ0v) is 12.4. The Balaban J connectivity index is 1.81. The Morgan fingerprint density at radius 3 is 2.50 bits per heavy atom. The summed E-state index contributed by atoms with van der Waals surface area (Å²) in [5.74, 6) is 0.578. The van der Waals surface area contributed by atoms with Crippen molar-refractivity contribution in [3.8, 4) is 5.75 Å². The van der Waals surface area contributed by atoms with Gasteiger partial charge in [-0.1, -0.05) is 28.1 Å². The summed E-state index contributed by atoms with van der Waals surface area (Å²) in [5, 5.41) is 0. The summed E-state index contributed by atoms with van der Waals surface area (Å²) in [6.07, 6.45) is 2.65. The fourth-order valence-electron chi connectivity index (χ4n) is 2.06. The van der Waals surface area contributed by atoms with Gasteiger partial charge < -0.3 is 10.5 Å². The van der Waals surface area contributed by atoms with Gasteiger partial charge in [0.2, 0.25) is 0 Å². The van der Waals surface area contributed by atoms with Crippen molar-refractivity contribution in [2.45, 2.75) is 25.0 Å². The first-order chi connectivity index (χ1) is 9.63. The van der Waals surface area contributed by atoms with Crippen LogP contribution in [-0.4, -0.2) is 6.10 Å². The molecule has 0 amide bonds. The van der Waals surface area contributed by atoms with Crippen LogP contribution in [0.1, 0.15) is 30.0 Å². The summed E-state index contributed by atoms with van der Waals surface area (Å²) in [6.45, 7) is 0. The number of halogens is 2. The number of hydrogen-bond donors (Lipinski definition) is 1. The molecule has 0 radical (unpaired) electrons. The minimum Gasteiger partial charge on any atom is -0.490 e. The molecule has 2 N–H and O–H groups in total. The van der Waals surface area contributed by atoms with Crippen LogP contribution in [0, 0.1) is 5.82 Å². The fraction of sp³-hybridized carbons (Fsp3) is 0.250. The average molecular weight is 336 g/mol. The second-order valence-electron chi connectivity index (χ2n) is 5.03. The maximum absolute atomic E-state index is 13.3. The number of rotatable bonds is 4. The van der Waals surface area contributed by atoms with Crippen LogP contribution in [0.4, 0.5) is 4.39 Å². The highest BCUT2D eigenvalue weighted by Gasteiger charge is 2.23. The summed E-state index contributed by atoms with van der Waals surface area (Å²) < 4.78 is 19.8. The van der Waals surface area contributed by atoms with Crippen LogP contribution in [-0.2, 0) is 0 Å². The quantitative estimate of drug-likeness (QED) is 0.909. The van der Waals surface area contributed by atoms with Gasteiger partial charge in [-0.2, -0.15) is 0 Å². The summed E-state index contributed by atoms with van der Waals surface area (Å²) in [7, 11) is 0. The molecule has 2 aromatic rings. The Morgan fingerprint density at radius 2 is 1.85 bits per heavy atom. The summed E-state index contributed by atoms with van der Waals surface area (Å²) >= 11 is 3.41. The largest absolute Gasteiger partial charge is 0.490 e. The summed E-state index contributed by atoms with van der Waals surface area (Å²) in [4.78, 5) is 0. The molecule has 0 saturated heterocycles. The van der Waals surface area contributed by atoms with E-state index in [1.54, 1.807) is 6.07 Å². The molecule has 20 heavy (non-hydrogen) atoms. The van der Waals surface area contributed by atoms with E-state index in [0.29, 0.717) is 6.10 Å². The van der Waals surface area contributed by atoms with Crippen molar-refractivity contribution in [1.29, 1.82) is 0 Å². The van der Waals surface area contributed by atoms with Crippen molar-refractivity contribution in [1.82, 2.24) is 0 Å². The topological polar surface area (TPSA) is 35.2 Å². The van der Waals surface area contributed by atoms with Crippen LogP contribution >= 0.6 is 15.9 Å². The molecule has 1 atom stereocenters. The molecule has 0 bridgehead atoms. The Kier molecular flexibility index (Phi) is 3.76. The van der Waals surface area contributed by atoms with Crippen molar-refractivity contribution in [3.63, 3.8) is 0 Å². The third-order valence-corrected chi connectivity index (χ3v) is 4.08. The van der Waals surface area contributed by atoms with E-state index in [1.165, 1.54) is 12.1 Å². The van der Waals surface area contributed by atoms with Crippen molar-refractivity contribution >= 4 is 15.9 Å². The normalized spacial score (nSPS) is 15.9. The van der Waals surface area contributed by atoms with Gasteiger partial charge in [-0.3, -0.25) is 0 Å². The van der Waals surface area contributed by atoms with E-state index < -0.39 is 0 Å². The summed E-state index contributed by atoms with van der Waals surface area (Å²) in [5.41, 5.74) is 7.88. The molecule has 0 aromatic heterocycles. The van der Waals surface area contributed by atoms with E-state index in [9.17, 15) is 4.39 Å². The number of nitrogens with two attached hydrogens (primary N) is 1. The highest BCUT2D eigenvalue weighted by molar-refractivity contribution is 9.10. The number of benzene rings is 2. The minimum atomic E-state index is -0.366. The minimum absolute atomic E-state index is 0.285. The molecule has 1 unspecified atom stereocenters. The summed E-state index contributed by atoms with van der Waals surface area (Å²) in [6, 6.07) is 11.9. The Hall–Kier alpha value is -1.39. The van der Waals surface area contributed by atoms with Crippen LogP contribution in [0.25, 0.3) is 0 Å². The first-order valence-corrected chi connectivity index (χ1v) is 7.40. The smallest absolute Gasteiger partial charge is 0.123 e. The molecule has 2 nitrogen and oxygen atoms in total. The van der Waals surface area contributed by atoms with Gasteiger partial charge in [-0.05, 0) is 54.3 Å². The SMILES string of the molecule is NC(c1ccc(OC2CC2)cc1)c1cc(F)ccc1Br. The molecule has 4 heteroatoms. The molecule has 1 aliphatic rings. The van der Waals surface area contributed by atoms with Gasteiger partial charge in [-0.25, -0.2) is 4.39 Å². The molecular formula is C16H15BrFNO. The van der Waals surface area contributed by atoms with Crippen LogP contribution in [0.3, 0.4) is 0 Å². The second-order valence-corrected chi connectivity index (χ2v) is 5.88. The average Bonchev–Trinajstić information content (AvgIpc) is 3.26. The van der Waals surface area contributed by atoms with Crippen molar-refractivity contribution in [3.05, 3.63) is 63.9 Å². The second kappa shape index (κ2) is 5.54. The maximum Gasteiger partial charge on any atom is 0.123 e. The van der Waals surface area contributed by atoms with Gasteiger partial charge in [0.15, 0.2) is 0 Å². The molecule has 104 valence electrons. The van der Waals surface area contributed by atoms with Gasteiger partial charge in [0.1, 0.15) is 11.6 Å². The molecule has 1 saturated carbocycles. The van der Waals surface area contributed by atoms with Crippen molar-refractivity contribution < 1.29 is 9.13 Å². The maximum atomic E-state index is 13.3. The third-order valence-electron chi connectivity index (χ3n) is 3.36. The van der Waals surface area contributed by atoms with E-state index in [0.717, 1.165) is 34.2 Å². The molecule has 0 spiro atoms. The van der Waals surface area contributed by atoms with Crippen LogP contribution in [0.15, 0.2) is 46.9 Å². The van der Waals surface area contributed by atoms with E-state index >= 15 is 0 Å². The van der Waals surface area contributed by atoms with E-state index in [-0.39, 0.29) is 11.9 Å². The zero-order valence-electron chi connectivity index (χ0n) is 10.9. The predicted molar refractivity (Wildman–Crippen MR) is 80.2 cm³/mol. The molecule has 3 rings (SSSR count). The Labute approximate surface area is 125 Å². The van der Waals surface area contributed by atoms with Crippen LogP contribution in [0.2, 0.25) is 0 Å². The highest BCUT2D eigenvalue weighted by atomic mass is 79.9. The number of hydrogen-bond acceptors (Lipinski definition) is 2. The molecule has 2 aromatic carbocycles. The lowest BCUT2D eigenvalue weighted by atomic mass is 9.99. The first-order valence-electron chi connectivity index (χ1n) is 6.60. The van der Waals surface area contributed by atoms with Gasteiger partial charge in [0, 0.05) is 4.47 Å². The van der Waals surface area contributed by atoms with Gasteiger partial charge >= 0.3 is 0 Å². The third kappa shape index (κ3) is 3.02. The zero-order chi connectivity index (χ0) is 14.1. The highest BCUT2D eigenvalue weighted by Crippen LogP contribution is 2.30. The molecule has 0 heterocycles. The molecule has 1 aliphatic carbocycles. The number of ether oxygens (including phenoxy) is 1. The molecule has 1 fully saturated rings. The van der Waals surface area contributed by atoms with Crippen LogP contribution in [0.5, 0.6) is 5.75 Å². The Morgan fingerprint density at radius 1 is 1.15 bits per heavy atom. The van der Waals surface area contributed by atoms with E-state index in [2.05, 4.69) is 15.9 Å². The molecule has 0 aliphatic heterocycles. The predicted octanol–water partition coefficient (Wildman–Crippen LogP) is 4.18. The standard InChI is InChI=1S/C16H15BrFNO/c17-15-8-3-11(18)9-14(15)16(19)10-1-4-12(5-2-10)20-13-6-7-13/h1-5,8-9,13,16H,6-7,19H2. The Bertz CT molecular complexity index is 610. The lowest BCUT2D eigenvalue weighted by Crippen LogP contribution is -2.12. The molecular weight excluding hydrogens is 321 g/mol. The fourth-order valence-corrected chi connectivity index (χ4v) is 2.56. The van der Waals surface area contributed by atoms with E-state index in [4.69, 9.17) is 10.5 Å². The van der Waals surface area contributed by atoms with Crippen molar-refractivity contribution in [2.75, 3.05) is 0 Å².